The molecule has 11 heavy (non-hydrogen) atoms. The number of carboxylic acids is 1. The van der Waals surface area contributed by atoms with Crippen LogP contribution in [-0.2, 0) is 4.79 Å². The Hall–Kier alpha value is -0.570. The van der Waals surface area contributed by atoms with Crippen molar-refractivity contribution in [2.75, 3.05) is 13.1 Å². The van der Waals surface area contributed by atoms with Crippen LogP contribution in [0.15, 0.2) is 0 Å². The monoisotopic (exact) mass is 159 g/mol. The second-order valence-corrected chi connectivity index (χ2v) is 3.08. The fraction of sp³-hybridized carbons (Fsp3) is 0.875. The zero-order chi connectivity index (χ0) is 8.69. The third kappa shape index (κ3) is 9.43. The predicted octanol–water partition coefficient (Wildman–Crippen LogP) is 1.10. The zero-order valence-corrected chi connectivity index (χ0v) is 7.26. The average molecular weight is 159 g/mol. The van der Waals surface area contributed by atoms with E-state index in [1.165, 1.54) is 0 Å². The number of hydrogen-bond donors (Lipinski definition) is 2. The van der Waals surface area contributed by atoms with E-state index in [4.69, 9.17) is 5.11 Å². The van der Waals surface area contributed by atoms with Crippen molar-refractivity contribution in [3.63, 3.8) is 0 Å². The van der Waals surface area contributed by atoms with Crippen LogP contribution in [0.5, 0.6) is 0 Å². The molecule has 0 spiro atoms. The molecular formula is C8H17NO2. The normalized spacial score (nSPS) is 10.5. The smallest absolute Gasteiger partial charge is 0.304 e. The van der Waals surface area contributed by atoms with Gasteiger partial charge in [-0.05, 0) is 18.9 Å². The minimum Gasteiger partial charge on any atom is -0.481 e. The number of carbonyl (C=O) groups is 1. The molecule has 0 aliphatic heterocycles. The van der Waals surface area contributed by atoms with E-state index in [0.717, 1.165) is 13.0 Å². The lowest BCUT2D eigenvalue weighted by Crippen LogP contribution is -2.20. The molecule has 0 rings (SSSR count). The molecule has 0 heterocycles. The van der Waals surface area contributed by atoms with Gasteiger partial charge in [-0.25, -0.2) is 0 Å². The first kappa shape index (κ1) is 10.4. The Morgan fingerprint density at radius 3 is 2.55 bits per heavy atom. The molecule has 0 bridgehead atoms. The Morgan fingerprint density at radius 1 is 1.45 bits per heavy atom. The molecule has 0 aromatic heterocycles. The molecular weight excluding hydrogens is 142 g/mol. The molecule has 0 radical (unpaired) electrons. The van der Waals surface area contributed by atoms with E-state index in [9.17, 15) is 4.79 Å². The Morgan fingerprint density at radius 2 is 2.09 bits per heavy atom. The van der Waals surface area contributed by atoms with Gasteiger partial charge in [-0.2, -0.15) is 0 Å². The van der Waals surface area contributed by atoms with Gasteiger partial charge in [-0.15, -0.1) is 0 Å². The standard InChI is InChI=1S/C8H17NO2/c1-7(2)3-5-9-6-4-8(10)11/h7,9H,3-6H2,1-2H3,(H,10,11). The molecule has 0 saturated carbocycles. The predicted molar refractivity (Wildman–Crippen MR) is 44.6 cm³/mol. The highest BCUT2D eigenvalue weighted by molar-refractivity contribution is 5.66. The van der Waals surface area contributed by atoms with Gasteiger partial charge in [-0.1, -0.05) is 13.8 Å². The molecule has 0 unspecified atom stereocenters. The van der Waals surface area contributed by atoms with Crippen molar-refractivity contribution in [2.45, 2.75) is 26.7 Å². The molecule has 0 saturated heterocycles. The molecule has 3 nitrogen and oxygen atoms in total. The van der Waals surface area contributed by atoms with Crippen LogP contribution >= 0.6 is 0 Å². The topological polar surface area (TPSA) is 49.3 Å². The second kappa shape index (κ2) is 6.16. The number of carboxylic acid groups (broad SMARTS) is 1. The average Bonchev–Trinajstić information content (AvgIpc) is 1.85. The molecule has 0 aliphatic carbocycles. The minimum absolute atomic E-state index is 0.220. The number of aliphatic carboxylic acids is 1. The van der Waals surface area contributed by atoms with Gasteiger partial charge in [0.05, 0.1) is 6.42 Å². The highest BCUT2D eigenvalue weighted by atomic mass is 16.4. The number of nitrogens with one attached hydrogen (secondary N) is 1. The van der Waals surface area contributed by atoms with E-state index < -0.39 is 5.97 Å². The SMILES string of the molecule is CC(C)CCNCCC(=O)O. The van der Waals surface area contributed by atoms with Crippen LogP contribution in [-0.4, -0.2) is 24.2 Å². The van der Waals surface area contributed by atoms with E-state index in [2.05, 4.69) is 19.2 Å². The van der Waals surface area contributed by atoms with Crippen LogP contribution in [0.2, 0.25) is 0 Å². The van der Waals surface area contributed by atoms with E-state index in [1.54, 1.807) is 0 Å². The van der Waals surface area contributed by atoms with E-state index >= 15 is 0 Å². The maximum Gasteiger partial charge on any atom is 0.304 e. The largest absolute Gasteiger partial charge is 0.481 e. The lowest BCUT2D eigenvalue weighted by Gasteiger charge is -2.04. The zero-order valence-electron chi connectivity index (χ0n) is 7.26. The summed E-state index contributed by atoms with van der Waals surface area (Å²) in [5.41, 5.74) is 0. The van der Waals surface area contributed by atoms with Gasteiger partial charge in [0.15, 0.2) is 0 Å². The van der Waals surface area contributed by atoms with Crippen molar-refractivity contribution >= 4 is 5.97 Å². The van der Waals surface area contributed by atoms with Crippen molar-refractivity contribution < 1.29 is 9.90 Å². The van der Waals surface area contributed by atoms with Crippen LogP contribution in [0.3, 0.4) is 0 Å². The first-order valence-electron chi connectivity index (χ1n) is 4.05. The molecule has 2 N–H and O–H groups in total. The van der Waals surface area contributed by atoms with Gasteiger partial charge in [-0.3, -0.25) is 4.79 Å². The number of hydrogen-bond acceptors (Lipinski definition) is 2. The summed E-state index contributed by atoms with van der Waals surface area (Å²) in [4.78, 5) is 10.1. The summed E-state index contributed by atoms with van der Waals surface area (Å²) in [6, 6.07) is 0. The summed E-state index contributed by atoms with van der Waals surface area (Å²) in [7, 11) is 0. The van der Waals surface area contributed by atoms with Crippen LogP contribution in [0.1, 0.15) is 26.7 Å². The lowest BCUT2D eigenvalue weighted by atomic mass is 10.1. The van der Waals surface area contributed by atoms with Crippen molar-refractivity contribution in [1.29, 1.82) is 0 Å². The molecule has 66 valence electrons. The third-order valence-electron chi connectivity index (χ3n) is 1.41. The highest BCUT2D eigenvalue weighted by Crippen LogP contribution is 1.95. The molecule has 0 atom stereocenters. The van der Waals surface area contributed by atoms with Crippen molar-refractivity contribution in [1.82, 2.24) is 5.32 Å². The quantitative estimate of drug-likeness (QED) is 0.570. The van der Waals surface area contributed by atoms with E-state index in [-0.39, 0.29) is 6.42 Å². The van der Waals surface area contributed by atoms with Crippen LogP contribution in [0.25, 0.3) is 0 Å². The maximum atomic E-state index is 10.1. The second-order valence-electron chi connectivity index (χ2n) is 3.08. The van der Waals surface area contributed by atoms with Crippen LogP contribution < -0.4 is 5.32 Å². The van der Waals surface area contributed by atoms with Crippen molar-refractivity contribution in [2.24, 2.45) is 5.92 Å². The Kier molecular flexibility index (Phi) is 5.84. The highest BCUT2D eigenvalue weighted by Gasteiger charge is 1.96. The lowest BCUT2D eigenvalue weighted by molar-refractivity contribution is -0.136. The van der Waals surface area contributed by atoms with Crippen LogP contribution in [0.4, 0.5) is 0 Å². The summed E-state index contributed by atoms with van der Waals surface area (Å²) >= 11 is 0. The van der Waals surface area contributed by atoms with Gasteiger partial charge >= 0.3 is 5.97 Å². The van der Waals surface area contributed by atoms with Gasteiger partial charge in [0, 0.05) is 6.54 Å². The Labute approximate surface area is 67.8 Å². The molecule has 0 aromatic rings. The molecule has 0 aliphatic rings. The van der Waals surface area contributed by atoms with Crippen molar-refractivity contribution in [3.05, 3.63) is 0 Å². The first-order valence-corrected chi connectivity index (χ1v) is 4.05. The number of rotatable bonds is 6. The Balaban J connectivity index is 2.97. The summed E-state index contributed by atoms with van der Waals surface area (Å²) < 4.78 is 0. The van der Waals surface area contributed by atoms with Gasteiger partial charge < -0.3 is 10.4 Å². The van der Waals surface area contributed by atoms with Crippen LogP contribution in [0, 0.1) is 5.92 Å². The summed E-state index contributed by atoms with van der Waals surface area (Å²) in [5.74, 6) is -0.0469. The molecule has 0 aromatic carbocycles. The van der Waals surface area contributed by atoms with Gasteiger partial charge in [0.2, 0.25) is 0 Å². The maximum absolute atomic E-state index is 10.1. The fourth-order valence-corrected chi connectivity index (χ4v) is 0.711. The van der Waals surface area contributed by atoms with Gasteiger partial charge in [0.25, 0.3) is 0 Å². The van der Waals surface area contributed by atoms with Crippen molar-refractivity contribution in [3.8, 4) is 0 Å². The van der Waals surface area contributed by atoms with E-state index in [0.29, 0.717) is 12.5 Å². The van der Waals surface area contributed by atoms with E-state index in [1.807, 2.05) is 0 Å². The van der Waals surface area contributed by atoms with Gasteiger partial charge in [0.1, 0.15) is 0 Å². The third-order valence-corrected chi connectivity index (χ3v) is 1.41. The first-order chi connectivity index (χ1) is 5.13. The summed E-state index contributed by atoms with van der Waals surface area (Å²) in [5, 5.41) is 11.3. The molecule has 3 heteroatoms. The summed E-state index contributed by atoms with van der Waals surface area (Å²) in [6.45, 7) is 5.81. The molecule has 0 fully saturated rings. The Bertz CT molecular complexity index is 113. The minimum atomic E-state index is -0.734. The molecule has 0 amide bonds. The fourth-order valence-electron chi connectivity index (χ4n) is 0.711. The summed E-state index contributed by atoms with van der Waals surface area (Å²) in [6.07, 6.45) is 1.33.